The number of likely N-dealkylation sites (tertiary alicyclic amines) is 1. The molecule has 6 nitrogen and oxygen atoms in total. The van der Waals surface area contributed by atoms with Gasteiger partial charge in [0.25, 0.3) is 11.1 Å². The summed E-state index contributed by atoms with van der Waals surface area (Å²) in [4.78, 5) is 20.1. The normalized spacial score (nSPS) is 19.2. The molecule has 1 saturated heterocycles. The summed E-state index contributed by atoms with van der Waals surface area (Å²) in [5.41, 5.74) is 0.894. The highest BCUT2D eigenvalue weighted by atomic mass is 32.2. The van der Waals surface area contributed by atoms with Crippen LogP contribution in [-0.2, 0) is 4.79 Å². The van der Waals surface area contributed by atoms with E-state index in [1.807, 2.05) is 25.7 Å². The minimum Gasteiger partial charge on any atom is -0.410 e. The van der Waals surface area contributed by atoms with Crippen LogP contribution in [0.15, 0.2) is 9.64 Å². The molecule has 2 atom stereocenters. The maximum absolute atomic E-state index is 12.8. The van der Waals surface area contributed by atoms with Gasteiger partial charge in [-0.1, -0.05) is 18.7 Å². The van der Waals surface area contributed by atoms with E-state index < -0.39 is 0 Å². The molecule has 0 bridgehead atoms. The van der Waals surface area contributed by atoms with Crippen molar-refractivity contribution in [2.75, 3.05) is 6.54 Å². The number of aromatic nitrogens is 3. The SMILES string of the molecule is CCC1CCCCN1C(=O)C(C)Sc1nnc(-c2sc(C)nc2C)o1. The Kier molecular flexibility index (Phi) is 5.78. The first-order valence-electron chi connectivity index (χ1n) is 8.74. The van der Waals surface area contributed by atoms with Crippen LogP contribution in [0.2, 0.25) is 0 Å². The van der Waals surface area contributed by atoms with Gasteiger partial charge in [-0.15, -0.1) is 21.5 Å². The van der Waals surface area contributed by atoms with Crippen molar-refractivity contribution in [3.05, 3.63) is 10.7 Å². The van der Waals surface area contributed by atoms with Crippen molar-refractivity contribution in [3.8, 4) is 10.8 Å². The number of rotatable bonds is 5. The zero-order chi connectivity index (χ0) is 18.0. The molecule has 0 spiro atoms. The molecule has 0 aromatic carbocycles. The summed E-state index contributed by atoms with van der Waals surface area (Å²) in [5.74, 6) is 0.649. The summed E-state index contributed by atoms with van der Waals surface area (Å²) in [7, 11) is 0. The fourth-order valence-electron chi connectivity index (χ4n) is 3.23. The van der Waals surface area contributed by atoms with Crippen molar-refractivity contribution in [2.24, 2.45) is 0 Å². The Bertz CT molecular complexity index is 743. The van der Waals surface area contributed by atoms with Gasteiger partial charge in [-0.05, 0) is 46.5 Å². The minimum absolute atomic E-state index is 0.168. The van der Waals surface area contributed by atoms with Gasteiger partial charge >= 0.3 is 0 Å². The van der Waals surface area contributed by atoms with E-state index >= 15 is 0 Å². The lowest BCUT2D eigenvalue weighted by molar-refractivity contribution is -0.134. The molecular weight excluding hydrogens is 356 g/mol. The van der Waals surface area contributed by atoms with Crippen molar-refractivity contribution >= 4 is 29.0 Å². The van der Waals surface area contributed by atoms with Gasteiger partial charge in [-0.25, -0.2) is 4.98 Å². The van der Waals surface area contributed by atoms with E-state index in [1.54, 1.807) is 11.3 Å². The van der Waals surface area contributed by atoms with Crippen LogP contribution in [0.4, 0.5) is 0 Å². The first-order chi connectivity index (χ1) is 12.0. The highest BCUT2D eigenvalue weighted by Gasteiger charge is 2.30. The highest BCUT2D eigenvalue weighted by molar-refractivity contribution is 8.00. The molecule has 1 aliphatic heterocycles. The first kappa shape index (κ1) is 18.4. The Labute approximate surface area is 156 Å². The van der Waals surface area contributed by atoms with E-state index in [0.29, 0.717) is 17.2 Å². The van der Waals surface area contributed by atoms with E-state index in [1.165, 1.54) is 18.2 Å². The minimum atomic E-state index is -0.232. The number of hydrogen-bond acceptors (Lipinski definition) is 7. The van der Waals surface area contributed by atoms with E-state index in [-0.39, 0.29) is 11.2 Å². The standard InChI is InChI=1S/C17H24N4O2S2/c1-5-13-8-6-7-9-21(13)16(22)11(3)24-17-20-19-15(23-17)14-10(2)18-12(4)25-14/h11,13H,5-9H2,1-4H3. The van der Waals surface area contributed by atoms with E-state index in [9.17, 15) is 4.79 Å². The van der Waals surface area contributed by atoms with E-state index in [2.05, 4.69) is 22.1 Å². The van der Waals surface area contributed by atoms with Crippen LogP contribution in [-0.4, -0.2) is 43.8 Å². The lowest BCUT2D eigenvalue weighted by Crippen LogP contribution is -2.46. The third-order valence-electron chi connectivity index (χ3n) is 4.51. The van der Waals surface area contributed by atoms with Crippen molar-refractivity contribution in [3.63, 3.8) is 0 Å². The quantitative estimate of drug-likeness (QED) is 0.728. The molecule has 0 radical (unpaired) electrons. The van der Waals surface area contributed by atoms with Crippen LogP contribution in [0.3, 0.4) is 0 Å². The van der Waals surface area contributed by atoms with Crippen LogP contribution in [0.25, 0.3) is 10.8 Å². The molecule has 2 unspecified atom stereocenters. The smallest absolute Gasteiger partial charge is 0.277 e. The van der Waals surface area contributed by atoms with Crippen LogP contribution in [0.1, 0.15) is 50.2 Å². The summed E-state index contributed by atoms with van der Waals surface area (Å²) in [6.45, 7) is 8.81. The summed E-state index contributed by atoms with van der Waals surface area (Å²) in [6, 6.07) is 0.366. The molecule has 0 N–H and O–H groups in total. The fourth-order valence-corrected chi connectivity index (χ4v) is 4.82. The number of piperidine rings is 1. The van der Waals surface area contributed by atoms with Crippen molar-refractivity contribution in [1.29, 1.82) is 0 Å². The molecule has 3 rings (SSSR count). The number of carbonyl (C=O) groups excluding carboxylic acids is 1. The van der Waals surface area contributed by atoms with Gasteiger partial charge in [0.2, 0.25) is 5.91 Å². The van der Waals surface area contributed by atoms with Gasteiger partial charge in [0.1, 0.15) is 4.88 Å². The van der Waals surface area contributed by atoms with Gasteiger partial charge in [0.05, 0.1) is 16.0 Å². The molecule has 1 amide bonds. The summed E-state index contributed by atoms with van der Waals surface area (Å²) in [6.07, 6.45) is 4.42. The molecule has 2 aromatic heterocycles. The molecule has 0 saturated carbocycles. The largest absolute Gasteiger partial charge is 0.410 e. The van der Waals surface area contributed by atoms with Gasteiger partial charge in [0.15, 0.2) is 0 Å². The molecule has 25 heavy (non-hydrogen) atoms. The van der Waals surface area contributed by atoms with Gasteiger partial charge in [-0.2, -0.15) is 0 Å². The molecular formula is C17H24N4O2S2. The number of thioether (sulfide) groups is 1. The van der Waals surface area contributed by atoms with E-state index in [0.717, 1.165) is 41.4 Å². The maximum Gasteiger partial charge on any atom is 0.277 e. The van der Waals surface area contributed by atoms with Gasteiger partial charge in [0, 0.05) is 12.6 Å². The Balaban J connectivity index is 1.68. The highest BCUT2D eigenvalue weighted by Crippen LogP contribution is 2.32. The number of thiazole rings is 1. The number of amides is 1. The molecule has 3 heterocycles. The second kappa shape index (κ2) is 7.86. The Morgan fingerprint density at radius 3 is 2.88 bits per heavy atom. The number of hydrogen-bond donors (Lipinski definition) is 0. The molecule has 2 aromatic rings. The van der Waals surface area contributed by atoms with Crippen LogP contribution in [0, 0.1) is 13.8 Å². The average molecular weight is 381 g/mol. The Morgan fingerprint density at radius 1 is 1.40 bits per heavy atom. The fraction of sp³-hybridized carbons (Fsp3) is 0.647. The summed E-state index contributed by atoms with van der Waals surface area (Å²) in [5, 5.41) is 9.40. The van der Waals surface area contributed by atoms with Crippen LogP contribution < -0.4 is 0 Å². The second-order valence-electron chi connectivity index (χ2n) is 6.37. The van der Waals surface area contributed by atoms with Gasteiger partial charge < -0.3 is 9.32 Å². The molecule has 1 fully saturated rings. The predicted octanol–water partition coefficient (Wildman–Crippen LogP) is 4.08. The Hall–Kier alpha value is -1.41. The lowest BCUT2D eigenvalue weighted by atomic mass is 10.00. The topological polar surface area (TPSA) is 72.1 Å². The molecule has 1 aliphatic rings. The van der Waals surface area contributed by atoms with Crippen molar-refractivity contribution in [2.45, 2.75) is 69.9 Å². The molecule has 8 heteroatoms. The lowest BCUT2D eigenvalue weighted by Gasteiger charge is -2.36. The van der Waals surface area contributed by atoms with E-state index in [4.69, 9.17) is 4.42 Å². The zero-order valence-electron chi connectivity index (χ0n) is 15.1. The first-order valence-corrected chi connectivity index (χ1v) is 10.4. The Morgan fingerprint density at radius 2 is 2.20 bits per heavy atom. The van der Waals surface area contributed by atoms with Gasteiger partial charge in [-0.3, -0.25) is 4.79 Å². The summed E-state index contributed by atoms with van der Waals surface area (Å²) < 4.78 is 5.77. The monoisotopic (exact) mass is 380 g/mol. The molecule has 136 valence electrons. The van der Waals surface area contributed by atoms with Crippen LogP contribution >= 0.6 is 23.1 Å². The number of carbonyl (C=O) groups is 1. The third kappa shape index (κ3) is 4.06. The average Bonchev–Trinajstić information content (AvgIpc) is 3.19. The second-order valence-corrected chi connectivity index (χ2v) is 8.87. The maximum atomic E-state index is 12.8. The molecule has 0 aliphatic carbocycles. The van der Waals surface area contributed by atoms with Crippen molar-refractivity contribution in [1.82, 2.24) is 20.1 Å². The zero-order valence-corrected chi connectivity index (χ0v) is 16.7. The van der Waals surface area contributed by atoms with Crippen LogP contribution in [0.5, 0.6) is 0 Å². The summed E-state index contributed by atoms with van der Waals surface area (Å²) >= 11 is 2.88. The third-order valence-corrected chi connectivity index (χ3v) is 6.49. The number of aryl methyl sites for hydroxylation is 2. The number of nitrogens with zero attached hydrogens (tertiary/aromatic N) is 4. The predicted molar refractivity (Wildman–Crippen MR) is 99.8 cm³/mol. The van der Waals surface area contributed by atoms with Crippen molar-refractivity contribution < 1.29 is 9.21 Å².